The predicted octanol–water partition coefficient (Wildman–Crippen LogP) is 1.96. The summed E-state index contributed by atoms with van der Waals surface area (Å²) in [6.07, 6.45) is 2.26. The van der Waals surface area contributed by atoms with Crippen molar-refractivity contribution in [1.82, 2.24) is 19.0 Å². The summed E-state index contributed by atoms with van der Waals surface area (Å²) in [4.78, 5) is 2.78. The van der Waals surface area contributed by atoms with Crippen molar-refractivity contribution >= 4 is 10.0 Å². The summed E-state index contributed by atoms with van der Waals surface area (Å²) in [5, 5.41) is 4.51. The molecular weight excluding hydrogens is 336 g/mol. The second-order valence-corrected chi connectivity index (χ2v) is 8.82. The largest absolute Gasteiger partial charge is 0.298 e. The van der Waals surface area contributed by atoms with Crippen LogP contribution in [0.25, 0.3) is 5.69 Å². The maximum absolute atomic E-state index is 13.3. The van der Waals surface area contributed by atoms with Crippen molar-refractivity contribution in [2.75, 3.05) is 26.2 Å². The van der Waals surface area contributed by atoms with E-state index in [1.807, 2.05) is 37.3 Å². The average molecular weight is 360 g/mol. The zero-order valence-corrected chi connectivity index (χ0v) is 15.5. The molecule has 0 N–H and O–H groups in total. The Hall–Kier alpha value is -1.70. The molecule has 2 aromatic rings. The first kappa shape index (κ1) is 16.8. The smallest absolute Gasteiger partial charge is 0.246 e. The van der Waals surface area contributed by atoms with E-state index < -0.39 is 10.0 Å². The van der Waals surface area contributed by atoms with E-state index in [0.29, 0.717) is 35.4 Å². The SMILES string of the molecule is Cc1nn(-c2ccccc2)c(C)c1S(=O)(=O)N1CCN2CCCC2C1. The Morgan fingerprint density at radius 3 is 2.60 bits per heavy atom. The van der Waals surface area contributed by atoms with E-state index in [9.17, 15) is 8.42 Å². The van der Waals surface area contributed by atoms with Crippen LogP contribution < -0.4 is 0 Å². The molecule has 0 saturated carbocycles. The van der Waals surface area contributed by atoms with Crippen LogP contribution in [0.4, 0.5) is 0 Å². The van der Waals surface area contributed by atoms with E-state index in [0.717, 1.165) is 25.2 Å². The lowest BCUT2D eigenvalue weighted by atomic mass is 10.2. The van der Waals surface area contributed by atoms with Crippen molar-refractivity contribution in [3.63, 3.8) is 0 Å². The quantitative estimate of drug-likeness (QED) is 0.840. The highest BCUT2D eigenvalue weighted by Crippen LogP contribution is 2.29. The fraction of sp³-hybridized carbons (Fsp3) is 0.500. The third-order valence-corrected chi connectivity index (χ3v) is 7.49. The Labute approximate surface area is 149 Å². The molecule has 7 heteroatoms. The summed E-state index contributed by atoms with van der Waals surface area (Å²) >= 11 is 0. The van der Waals surface area contributed by atoms with Crippen LogP contribution in [-0.4, -0.2) is 59.6 Å². The first-order chi connectivity index (χ1) is 12.0. The fourth-order valence-corrected chi connectivity index (χ4v) is 5.95. The number of hydrogen-bond donors (Lipinski definition) is 0. The normalized spacial score (nSPS) is 22.2. The number of fused-ring (bicyclic) bond motifs is 1. The topological polar surface area (TPSA) is 58.4 Å². The van der Waals surface area contributed by atoms with Crippen molar-refractivity contribution in [2.24, 2.45) is 0 Å². The molecule has 0 radical (unpaired) electrons. The zero-order valence-electron chi connectivity index (χ0n) is 14.7. The molecule has 2 saturated heterocycles. The number of aromatic nitrogens is 2. The third kappa shape index (κ3) is 2.80. The molecule has 1 aromatic carbocycles. The number of benzene rings is 1. The van der Waals surface area contributed by atoms with Gasteiger partial charge in [-0.1, -0.05) is 18.2 Å². The Bertz CT molecular complexity index is 876. The molecule has 2 aliphatic rings. The lowest BCUT2D eigenvalue weighted by Crippen LogP contribution is -2.52. The molecule has 0 amide bonds. The zero-order chi connectivity index (χ0) is 17.6. The van der Waals surface area contributed by atoms with Gasteiger partial charge in [0.05, 0.1) is 17.1 Å². The van der Waals surface area contributed by atoms with Gasteiger partial charge in [-0.05, 0) is 45.4 Å². The van der Waals surface area contributed by atoms with E-state index in [-0.39, 0.29) is 0 Å². The van der Waals surface area contributed by atoms with Crippen LogP contribution in [-0.2, 0) is 10.0 Å². The molecule has 1 atom stereocenters. The fourth-order valence-electron chi connectivity index (χ4n) is 4.13. The summed E-state index contributed by atoms with van der Waals surface area (Å²) in [5.41, 5.74) is 2.12. The van der Waals surface area contributed by atoms with E-state index in [4.69, 9.17) is 0 Å². The predicted molar refractivity (Wildman–Crippen MR) is 96.4 cm³/mol. The highest BCUT2D eigenvalue weighted by atomic mass is 32.2. The second-order valence-electron chi connectivity index (χ2n) is 6.94. The molecule has 2 fully saturated rings. The molecule has 134 valence electrons. The number of para-hydroxylation sites is 1. The van der Waals surface area contributed by atoms with Crippen molar-refractivity contribution in [1.29, 1.82) is 0 Å². The molecule has 0 aliphatic carbocycles. The highest BCUT2D eigenvalue weighted by Gasteiger charge is 2.38. The van der Waals surface area contributed by atoms with Crippen molar-refractivity contribution < 1.29 is 8.42 Å². The second kappa shape index (κ2) is 6.23. The van der Waals surface area contributed by atoms with Crippen molar-refractivity contribution in [3.05, 3.63) is 41.7 Å². The van der Waals surface area contributed by atoms with Gasteiger partial charge in [-0.15, -0.1) is 0 Å². The lowest BCUT2D eigenvalue weighted by molar-refractivity contribution is 0.158. The van der Waals surface area contributed by atoms with E-state index in [2.05, 4.69) is 10.00 Å². The number of rotatable bonds is 3. The van der Waals surface area contributed by atoms with Gasteiger partial charge in [0.1, 0.15) is 4.90 Å². The molecule has 1 aromatic heterocycles. The van der Waals surface area contributed by atoms with Crippen LogP contribution in [0, 0.1) is 13.8 Å². The number of sulfonamides is 1. The Balaban J connectivity index is 1.70. The molecule has 25 heavy (non-hydrogen) atoms. The Morgan fingerprint density at radius 1 is 1.08 bits per heavy atom. The third-order valence-electron chi connectivity index (χ3n) is 5.37. The van der Waals surface area contributed by atoms with Crippen LogP contribution in [0.2, 0.25) is 0 Å². The maximum Gasteiger partial charge on any atom is 0.246 e. The van der Waals surface area contributed by atoms with E-state index in [1.54, 1.807) is 15.9 Å². The van der Waals surface area contributed by atoms with Gasteiger partial charge in [-0.2, -0.15) is 9.40 Å². The summed E-state index contributed by atoms with van der Waals surface area (Å²) < 4.78 is 30.0. The van der Waals surface area contributed by atoms with Gasteiger partial charge >= 0.3 is 0 Å². The van der Waals surface area contributed by atoms with E-state index >= 15 is 0 Å². The minimum absolute atomic E-state index is 0.364. The van der Waals surface area contributed by atoms with Gasteiger partial charge < -0.3 is 0 Å². The maximum atomic E-state index is 13.3. The number of aryl methyl sites for hydroxylation is 1. The summed E-state index contributed by atoms with van der Waals surface area (Å²) in [6, 6.07) is 10.0. The summed E-state index contributed by atoms with van der Waals surface area (Å²) in [5.74, 6) is 0. The molecule has 3 heterocycles. The molecule has 6 nitrogen and oxygen atoms in total. The average Bonchev–Trinajstić information content (AvgIpc) is 3.19. The monoisotopic (exact) mass is 360 g/mol. The van der Waals surface area contributed by atoms with Crippen LogP contribution in [0.3, 0.4) is 0 Å². The lowest BCUT2D eigenvalue weighted by Gasteiger charge is -2.36. The minimum atomic E-state index is -3.53. The van der Waals surface area contributed by atoms with Crippen LogP contribution in [0.5, 0.6) is 0 Å². The highest BCUT2D eigenvalue weighted by molar-refractivity contribution is 7.89. The first-order valence-corrected chi connectivity index (χ1v) is 10.3. The Kier molecular flexibility index (Phi) is 4.17. The molecule has 0 spiro atoms. The van der Waals surface area contributed by atoms with Crippen molar-refractivity contribution in [3.8, 4) is 5.69 Å². The van der Waals surface area contributed by atoms with Crippen molar-refractivity contribution in [2.45, 2.75) is 37.6 Å². The van der Waals surface area contributed by atoms with Gasteiger partial charge in [0.25, 0.3) is 0 Å². The molecule has 0 bridgehead atoms. The van der Waals surface area contributed by atoms with Gasteiger partial charge in [0, 0.05) is 25.7 Å². The molecule has 2 aliphatic heterocycles. The number of nitrogens with zero attached hydrogens (tertiary/aromatic N) is 4. The van der Waals surface area contributed by atoms with Crippen LogP contribution >= 0.6 is 0 Å². The van der Waals surface area contributed by atoms with Gasteiger partial charge in [-0.25, -0.2) is 13.1 Å². The molecule has 1 unspecified atom stereocenters. The van der Waals surface area contributed by atoms with Crippen LogP contribution in [0.15, 0.2) is 35.2 Å². The minimum Gasteiger partial charge on any atom is -0.298 e. The van der Waals surface area contributed by atoms with Gasteiger partial charge in [0.15, 0.2) is 0 Å². The Morgan fingerprint density at radius 2 is 1.84 bits per heavy atom. The van der Waals surface area contributed by atoms with Gasteiger partial charge in [-0.3, -0.25) is 4.90 Å². The number of hydrogen-bond acceptors (Lipinski definition) is 4. The number of piperazine rings is 1. The summed E-state index contributed by atoms with van der Waals surface area (Å²) in [6.45, 7) is 6.71. The first-order valence-electron chi connectivity index (χ1n) is 8.84. The van der Waals surface area contributed by atoms with E-state index in [1.165, 1.54) is 6.42 Å². The molecular formula is C18H24N4O2S. The van der Waals surface area contributed by atoms with Crippen LogP contribution in [0.1, 0.15) is 24.2 Å². The summed E-state index contributed by atoms with van der Waals surface area (Å²) in [7, 11) is -3.53. The standard InChI is InChI=1S/C18H24N4O2S/c1-14-18(15(2)22(19-14)16-7-4-3-5-8-16)25(23,24)21-12-11-20-10-6-9-17(20)13-21/h3-5,7-8,17H,6,9-13H2,1-2H3. The van der Waals surface area contributed by atoms with Gasteiger partial charge in [0.2, 0.25) is 10.0 Å². The molecule has 4 rings (SSSR count).